The molecular formula is C7H17NO4. The van der Waals surface area contributed by atoms with Crippen molar-refractivity contribution in [2.75, 3.05) is 13.7 Å². The zero-order chi connectivity index (χ0) is 9.98. The van der Waals surface area contributed by atoms with Gasteiger partial charge in [0, 0.05) is 13.0 Å². The number of aldehydes is 1. The monoisotopic (exact) mass is 179 g/mol. The Morgan fingerprint density at radius 1 is 1.33 bits per heavy atom. The Hall–Kier alpha value is -0.490. The number of nitrogens with two attached hydrogens (primary N) is 1. The molecule has 74 valence electrons. The zero-order valence-corrected chi connectivity index (χ0v) is 7.18. The van der Waals surface area contributed by atoms with Crippen molar-refractivity contribution >= 4 is 6.29 Å². The molecule has 0 saturated heterocycles. The van der Waals surface area contributed by atoms with E-state index in [1.54, 1.807) is 0 Å². The van der Waals surface area contributed by atoms with Crippen molar-refractivity contribution in [3.63, 3.8) is 0 Å². The van der Waals surface area contributed by atoms with Crippen LogP contribution in [0.1, 0.15) is 12.8 Å². The second-order valence-electron chi connectivity index (χ2n) is 2.05. The smallest absolute Gasteiger partial charge is 0.122 e. The average molecular weight is 179 g/mol. The van der Waals surface area contributed by atoms with Crippen LogP contribution in [0.4, 0.5) is 0 Å². The summed E-state index contributed by atoms with van der Waals surface area (Å²) in [4.78, 5) is 9.79. The Bertz CT molecular complexity index is 99.4. The number of rotatable bonds is 5. The number of aliphatic hydroxyl groups is 3. The third-order valence-electron chi connectivity index (χ3n) is 1.21. The Morgan fingerprint density at radius 3 is 2.17 bits per heavy atom. The van der Waals surface area contributed by atoms with Gasteiger partial charge in [-0.1, -0.05) is 0 Å². The van der Waals surface area contributed by atoms with E-state index < -0.39 is 12.2 Å². The Balaban J connectivity index is 0. The van der Waals surface area contributed by atoms with Gasteiger partial charge in [-0.05, 0) is 13.5 Å². The quantitative estimate of drug-likeness (QED) is 0.375. The predicted molar refractivity (Wildman–Crippen MR) is 44.5 cm³/mol. The van der Waals surface area contributed by atoms with Crippen LogP contribution in [0.2, 0.25) is 0 Å². The molecule has 5 heteroatoms. The van der Waals surface area contributed by atoms with Gasteiger partial charge in [0.05, 0.1) is 12.2 Å². The van der Waals surface area contributed by atoms with Gasteiger partial charge in [0.2, 0.25) is 0 Å². The number of hydrogen-bond acceptors (Lipinski definition) is 5. The number of hydrogen-bond donors (Lipinski definition) is 4. The van der Waals surface area contributed by atoms with Crippen molar-refractivity contribution in [3.05, 3.63) is 0 Å². The van der Waals surface area contributed by atoms with Gasteiger partial charge < -0.3 is 25.8 Å². The Morgan fingerprint density at radius 2 is 1.83 bits per heavy atom. The summed E-state index contributed by atoms with van der Waals surface area (Å²) in [6.07, 6.45) is -1.47. The van der Waals surface area contributed by atoms with Crippen LogP contribution in [-0.2, 0) is 4.79 Å². The molecule has 0 bridgehead atoms. The Labute approximate surface area is 71.8 Å². The number of carbonyl (C=O) groups is 1. The van der Waals surface area contributed by atoms with Gasteiger partial charge in [0.15, 0.2) is 0 Å². The summed E-state index contributed by atoms with van der Waals surface area (Å²) in [6.45, 7) is -0.183. The lowest BCUT2D eigenvalue weighted by Gasteiger charge is -2.13. The van der Waals surface area contributed by atoms with Crippen molar-refractivity contribution < 1.29 is 20.1 Å². The maximum atomic E-state index is 9.79. The average Bonchev–Trinajstić information content (AvgIpc) is 2.09. The van der Waals surface area contributed by atoms with Gasteiger partial charge >= 0.3 is 0 Å². The summed E-state index contributed by atoms with van der Waals surface area (Å²) in [5.41, 5.74) is 4.50. The molecule has 0 radical (unpaired) electrons. The maximum Gasteiger partial charge on any atom is 0.122 e. The van der Waals surface area contributed by atoms with E-state index in [1.165, 1.54) is 7.05 Å². The van der Waals surface area contributed by atoms with Gasteiger partial charge in [-0.2, -0.15) is 0 Å². The fourth-order valence-electron chi connectivity index (χ4n) is 0.580. The zero-order valence-electron chi connectivity index (χ0n) is 7.18. The minimum Gasteiger partial charge on any atom is -0.396 e. The largest absolute Gasteiger partial charge is 0.396 e. The van der Waals surface area contributed by atoms with Gasteiger partial charge in [0.1, 0.15) is 6.29 Å². The topological polar surface area (TPSA) is 104 Å². The van der Waals surface area contributed by atoms with Crippen LogP contribution in [0.15, 0.2) is 0 Å². The van der Waals surface area contributed by atoms with Crippen molar-refractivity contribution in [1.82, 2.24) is 0 Å². The highest BCUT2D eigenvalue weighted by molar-refractivity contribution is 5.50. The third-order valence-corrected chi connectivity index (χ3v) is 1.21. The minimum absolute atomic E-state index is 0.0822. The van der Waals surface area contributed by atoms with E-state index in [2.05, 4.69) is 5.73 Å². The molecule has 0 aromatic rings. The van der Waals surface area contributed by atoms with Crippen LogP contribution in [-0.4, -0.2) is 47.5 Å². The molecule has 0 aromatic carbocycles. The normalized spacial score (nSPS) is 14.1. The summed E-state index contributed by atoms with van der Waals surface area (Å²) < 4.78 is 0. The van der Waals surface area contributed by atoms with E-state index in [-0.39, 0.29) is 19.4 Å². The van der Waals surface area contributed by atoms with Gasteiger partial charge in [-0.3, -0.25) is 0 Å². The first-order valence-electron chi connectivity index (χ1n) is 3.70. The van der Waals surface area contributed by atoms with Gasteiger partial charge in [-0.25, -0.2) is 0 Å². The number of carbonyl (C=O) groups excluding carboxylic acids is 1. The van der Waals surface area contributed by atoms with Crippen LogP contribution in [0.25, 0.3) is 0 Å². The molecule has 0 aliphatic rings. The third kappa shape index (κ3) is 7.62. The molecule has 12 heavy (non-hydrogen) atoms. The van der Waals surface area contributed by atoms with E-state index in [0.29, 0.717) is 6.29 Å². The van der Waals surface area contributed by atoms with E-state index >= 15 is 0 Å². The lowest BCUT2D eigenvalue weighted by Crippen LogP contribution is -2.26. The van der Waals surface area contributed by atoms with Gasteiger partial charge in [0.25, 0.3) is 0 Å². The molecule has 0 heterocycles. The molecule has 0 aliphatic carbocycles. The predicted octanol–water partition coefficient (Wildman–Crippen LogP) is -1.75. The van der Waals surface area contributed by atoms with E-state index in [0.717, 1.165) is 0 Å². The first-order valence-corrected chi connectivity index (χ1v) is 3.70. The molecule has 5 N–H and O–H groups in total. The van der Waals surface area contributed by atoms with Crippen LogP contribution >= 0.6 is 0 Å². The second-order valence-corrected chi connectivity index (χ2v) is 2.05. The summed E-state index contributed by atoms with van der Waals surface area (Å²) in [7, 11) is 1.50. The Kier molecular flexibility index (Phi) is 12.3. The first kappa shape index (κ1) is 14.1. The summed E-state index contributed by atoms with van der Waals surface area (Å²) in [5.74, 6) is 0. The fraction of sp³-hybridized carbons (Fsp3) is 0.857. The molecule has 0 fully saturated rings. The standard InChI is InChI=1S/C6H12O4.CH5N/c7-3-1-5(9)6(10)2-4-8;1-2/h3,5-6,8-10H,1-2,4H2;2H2,1H3. The van der Waals surface area contributed by atoms with Crippen LogP contribution in [0, 0.1) is 0 Å². The highest BCUT2D eigenvalue weighted by Gasteiger charge is 2.13. The lowest BCUT2D eigenvalue weighted by atomic mass is 10.1. The van der Waals surface area contributed by atoms with E-state index in [9.17, 15) is 4.79 Å². The molecule has 0 aromatic heterocycles. The fourth-order valence-corrected chi connectivity index (χ4v) is 0.580. The maximum absolute atomic E-state index is 9.79. The molecule has 2 unspecified atom stereocenters. The summed E-state index contributed by atoms with van der Waals surface area (Å²) in [5, 5.41) is 26.0. The number of aliphatic hydroxyl groups excluding tert-OH is 3. The second kappa shape index (κ2) is 10.5. The van der Waals surface area contributed by atoms with Crippen LogP contribution in [0.3, 0.4) is 0 Å². The molecule has 0 saturated carbocycles. The van der Waals surface area contributed by atoms with E-state index in [1.807, 2.05) is 0 Å². The molecule has 5 nitrogen and oxygen atoms in total. The van der Waals surface area contributed by atoms with Crippen molar-refractivity contribution in [3.8, 4) is 0 Å². The lowest BCUT2D eigenvalue weighted by molar-refractivity contribution is -0.111. The SMILES string of the molecule is CN.O=CCC(O)C(O)CCO. The van der Waals surface area contributed by atoms with Crippen molar-refractivity contribution in [2.45, 2.75) is 25.0 Å². The minimum atomic E-state index is -1.04. The van der Waals surface area contributed by atoms with Gasteiger partial charge in [-0.15, -0.1) is 0 Å². The van der Waals surface area contributed by atoms with Crippen molar-refractivity contribution in [2.24, 2.45) is 5.73 Å². The molecule has 2 atom stereocenters. The molecule has 0 amide bonds. The highest BCUT2D eigenvalue weighted by atomic mass is 16.3. The van der Waals surface area contributed by atoms with Crippen molar-refractivity contribution in [1.29, 1.82) is 0 Å². The molecule has 0 spiro atoms. The van der Waals surface area contributed by atoms with E-state index in [4.69, 9.17) is 15.3 Å². The summed E-state index contributed by atoms with van der Waals surface area (Å²) >= 11 is 0. The molecule has 0 aliphatic heterocycles. The van der Waals surface area contributed by atoms with Crippen LogP contribution < -0.4 is 5.73 Å². The van der Waals surface area contributed by atoms with Crippen LogP contribution in [0.5, 0.6) is 0 Å². The first-order chi connectivity index (χ1) is 5.72. The highest BCUT2D eigenvalue weighted by Crippen LogP contribution is 2.00. The molecule has 0 rings (SSSR count). The summed E-state index contributed by atoms with van der Waals surface area (Å²) in [6, 6.07) is 0. The molecular weight excluding hydrogens is 162 g/mol.